The zero-order chi connectivity index (χ0) is 16.5. The van der Waals surface area contributed by atoms with E-state index in [0.29, 0.717) is 18.0 Å². The number of nitrogens with zero attached hydrogens (tertiary/aromatic N) is 2. The number of carbonyl (C=O) groups is 2. The molecule has 0 bridgehead atoms. The van der Waals surface area contributed by atoms with Gasteiger partial charge in [0.05, 0.1) is 19.3 Å². The van der Waals surface area contributed by atoms with Gasteiger partial charge in [0.1, 0.15) is 5.75 Å². The lowest BCUT2D eigenvalue weighted by Gasteiger charge is -2.21. The lowest BCUT2D eigenvalue weighted by molar-refractivity contribution is -0.132. The summed E-state index contributed by atoms with van der Waals surface area (Å²) < 4.78 is 5.19. The van der Waals surface area contributed by atoms with Gasteiger partial charge in [-0.3, -0.25) is 9.59 Å². The monoisotopic (exact) mass is 307 g/mol. The fourth-order valence-electron chi connectivity index (χ4n) is 2.04. The average Bonchev–Trinajstić information content (AvgIpc) is 2.46. The summed E-state index contributed by atoms with van der Waals surface area (Å²) in [6.07, 6.45) is 0.828. The van der Waals surface area contributed by atoms with Crippen LogP contribution in [0.25, 0.3) is 0 Å². The van der Waals surface area contributed by atoms with Crippen LogP contribution in [0, 0.1) is 0 Å². The third-order valence-electron chi connectivity index (χ3n) is 3.19. The average molecular weight is 307 g/mol. The molecule has 1 N–H and O–H groups in total. The minimum Gasteiger partial charge on any atom is -0.495 e. The van der Waals surface area contributed by atoms with Crippen molar-refractivity contribution in [1.82, 2.24) is 9.80 Å². The van der Waals surface area contributed by atoms with Crippen molar-refractivity contribution >= 4 is 17.5 Å². The molecule has 0 aromatic heterocycles. The van der Waals surface area contributed by atoms with Gasteiger partial charge in [-0.05, 0) is 39.2 Å². The number of anilines is 1. The van der Waals surface area contributed by atoms with E-state index in [9.17, 15) is 9.59 Å². The van der Waals surface area contributed by atoms with E-state index in [4.69, 9.17) is 4.74 Å². The minimum atomic E-state index is -0.232. The zero-order valence-corrected chi connectivity index (χ0v) is 13.8. The number of methoxy groups -OCH3 is 1. The second-order valence-electron chi connectivity index (χ2n) is 5.35. The summed E-state index contributed by atoms with van der Waals surface area (Å²) in [5.74, 6) is 0.260. The van der Waals surface area contributed by atoms with Crippen LogP contribution in [-0.4, -0.2) is 62.5 Å². The van der Waals surface area contributed by atoms with Crippen LogP contribution in [0.15, 0.2) is 24.3 Å². The summed E-state index contributed by atoms with van der Waals surface area (Å²) in [7, 11) is 5.51. The number of hydrogen-bond acceptors (Lipinski definition) is 4. The molecule has 6 nitrogen and oxygen atoms in total. The molecule has 1 aromatic rings. The Hall–Kier alpha value is -2.08. The summed E-state index contributed by atoms with van der Waals surface area (Å²) in [5, 5.41) is 2.78. The Kier molecular flexibility index (Phi) is 7.39. The van der Waals surface area contributed by atoms with Crippen LogP contribution < -0.4 is 10.1 Å². The molecule has 0 saturated heterocycles. The van der Waals surface area contributed by atoms with Crippen molar-refractivity contribution < 1.29 is 14.3 Å². The molecule has 0 spiro atoms. The van der Waals surface area contributed by atoms with Gasteiger partial charge in [-0.2, -0.15) is 0 Å². The maximum Gasteiger partial charge on any atom is 0.244 e. The van der Waals surface area contributed by atoms with Crippen molar-refractivity contribution in [1.29, 1.82) is 0 Å². The Labute approximate surface area is 132 Å². The number of para-hydroxylation sites is 2. The number of nitrogens with one attached hydrogen (secondary N) is 1. The van der Waals surface area contributed by atoms with Gasteiger partial charge in [-0.25, -0.2) is 0 Å². The van der Waals surface area contributed by atoms with Gasteiger partial charge in [-0.1, -0.05) is 12.1 Å². The number of carbonyl (C=O) groups excluding carboxylic acids is 2. The molecule has 0 fully saturated rings. The fourth-order valence-corrected chi connectivity index (χ4v) is 2.04. The normalized spacial score (nSPS) is 10.4. The molecule has 0 aliphatic rings. The van der Waals surface area contributed by atoms with Crippen molar-refractivity contribution in [2.45, 2.75) is 13.3 Å². The summed E-state index contributed by atoms with van der Waals surface area (Å²) in [6, 6.07) is 7.19. The van der Waals surface area contributed by atoms with E-state index < -0.39 is 0 Å². The third kappa shape index (κ3) is 6.13. The number of ether oxygens (including phenoxy) is 1. The lowest BCUT2D eigenvalue weighted by atomic mass is 10.3. The standard InChI is InChI=1S/C16H25N3O3/c1-13(20)19(11-7-10-18(2)3)12-16(21)17-14-8-5-6-9-15(14)22-4/h5-6,8-9H,7,10-12H2,1-4H3,(H,17,21). The molecule has 122 valence electrons. The predicted molar refractivity (Wildman–Crippen MR) is 87.0 cm³/mol. The van der Waals surface area contributed by atoms with Crippen molar-refractivity contribution in [3.05, 3.63) is 24.3 Å². The smallest absolute Gasteiger partial charge is 0.244 e. The first-order chi connectivity index (χ1) is 10.4. The van der Waals surface area contributed by atoms with E-state index >= 15 is 0 Å². The maximum absolute atomic E-state index is 12.1. The van der Waals surface area contributed by atoms with Crippen molar-refractivity contribution in [2.75, 3.05) is 46.2 Å². The highest BCUT2D eigenvalue weighted by molar-refractivity contribution is 5.95. The lowest BCUT2D eigenvalue weighted by Crippen LogP contribution is -2.38. The van der Waals surface area contributed by atoms with E-state index in [1.807, 2.05) is 31.1 Å². The predicted octanol–water partition coefficient (Wildman–Crippen LogP) is 1.43. The molecule has 6 heteroatoms. The van der Waals surface area contributed by atoms with Crippen LogP contribution in [0.3, 0.4) is 0 Å². The first kappa shape index (κ1) is 18.0. The van der Waals surface area contributed by atoms with Crippen LogP contribution in [0.2, 0.25) is 0 Å². The van der Waals surface area contributed by atoms with Crippen molar-refractivity contribution in [2.24, 2.45) is 0 Å². The fraction of sp³-hybridized carbons (Fsp3) is 0.500. The molecule has 0 unspecified atom stereocenters. The molecule has 1 rings (SSSR count). The van der Waals surface area contributed by atoms with Crippen LogP contribution >= 0.6 is 0 Å². The van der Waals surface area contributed by atoms with Crippen LogP contribution in [0.5, 0.6) is 5.75 Å². The van der Waals surface area contributed by atoms with E-state index in [1.54, 1.807) is 24.1 Å². The highest BCUT2D eigenvalue weighted by Crippen LogP contribution is 2.22. The Morgan fingerprint density at radius 3 is 2.45 bits per heavy atom. The number of amides is 2. The van der Waals surface area contributed by atoms with Crippen LogP contribution in [0.1, 0.15) is 13.3 Å². The van der Waals surface area contributed by atoms with Gasteiger partial charge in [-0.15, -0.1) is 0 Å². The molecular weight excluding hydrogens is 282 g/mol. The second kappa shape index (κ2) is 9.04. The van der Waals surface area contributed by atoms with Crippen LogP contribution in [0.4, 0.5) is 5.69 Å². The molecule has 0 atom stereocenters. The molecule has 0 aliphatic carbocycles. The van der Waals surface area contributed by atoms with E-state index in [2.05, 4.69) is 5.32 Å². The van der Waals surface area contributed by atoms with Gasteiger partial charge in [0.15, 0.2) is 0 Å². The maximum atomic E-state index is 12.1. The Balaban J connectivity index is 2.58. The summed E-state index contributed by atoms with van der Waals surface area (Å²) in [4.78, 5) is 27.4. The molecule has 2 amide bonds. The van der Waals surface area contributed by atoms with E-state index in [1.165, 1.54) is 6.92 Å². The molecule has 0 radical (unpaired) electrons. The second-order valence-corrected chi connectivity index (χ2v) is 5.35. The molecule has 22 heavy (non-hydrogen) atoms. The van der Waals surface area contributed by atoms with Crippen molar-refractivity contribution in [3.8, 4) is 5.75 Å². The molecule has 0 heterocycles. The largest absolute Gasteiger partial charge is 0.495 e. The highest BCUT2D eigenvalue weighted by Gasteiger charge is 2.14. The van der Waals surface area contributed by atoms with Gasteiger partial charge in [0.2, 0.25) is 11.8 Å². The molecule has 1 aromatic carbocycles. The van der Waals surface area contributed by atoms with Gasteiger partial charge in [0.25, 0.3) is 0 Å². The van der Waals surface area contributed by atoms with Crippen molar-refractivity contribution in [3.63, 3.8) is 0 Å². The summed E-state index contributed by atoms with van der Waals surface area (Å²) >= 11 is 0. The molecular formula is C16H25N3O3. The quantitative estimate of drug-likeness (QED) is 0.789. The summed E-state index contributed by atoms with van der Waals surface area (Å²) in [6.45, 7) is 2.96. The van der Waals surface area contributed by atoms with Gasteiger partial charge < -0.3 is 19.9 Å². The SMILES string of the molecule is COc1ccccc1NC(=O)CN(CCCN(C)C)C(C)=O. The van der Waals surface area contributed by atoms with Gasteiger partial charge >= 0.3 is 0 Å². The minimum absolute atomic E-state index is 0.0425. The Morgan fingerprint density at radius 2 is 1.86 bits per heavy atom. The van der Waals surface area contributed by atoms with Crippen LogP contribution in [-0.2, 0) is 9.59 Å². The third-order valence-corrected chi connectivity index (χ3v) is 3.19. The molecule has 0 saturated carbocycles. The van der Waals surface area contributed by atoms with E-state index in [0.717, 1.165) is 13.0 Å². The van der Waals surface area contributed by atoms with E-state index in [-0.39, 0.29) is 18.4 Å². The number of hydrogen-bond donors (Lipinski definition) is 1. The Morgan fingerprint density at radius 1 is 1.18 bits per heavy atom. The zero-order valence-electron chi connectivity index (χ0n) is 13.8. The number of rotatable bonds is 8. The first-order valence-corrected chi connectivity index (χ1v) is 7.27. The Bertz CT molecular complexity index is 503. The summed E-state index contributed by atoms with van der Waals surface area (Å²) in [5.41, 5.74) is 0.604. The molecule has 0 aliphatic heterocycles. The topological polar surface area (TPSA) is 61.9 Å². The number of benzene rings is 1. The highest BCUT2D eigenvalue weighted by atomic mass is 16.5. The van der Waals surface area contributed by atoms with Gasteiger partial charge in [0, 0.05) is 13.5 Å². The first-order valence-electron chi connectivity index (χ1n) is 7.27.